The number of aromatic nitrogens is 4. The molecule has 9 nitrogen and oxygen atoms in total. The summed E-state index contributed by atoms with van der Waals surface area (Å²) in [5, 5.41) is 18.8. The highest BCUT2D eigenvalue weighted by Gasteiger charge is 2.23. The first-order valence-corrected chi connectivity index (χ1v) is 11.4. The van der Waals surface area contributed by atoms with Crippen LogP contribution in [0.15, 0.2) is 79.1 Å². The molecule has 0 unspecified atom stereocenters. The number of esters is 1. The number of nitrogens with zero attached hydrogens (tertiary/aromatic N) is 6. The predicted molar refractivity (Wildman–Crippen MR) is 134 cm³/mol. The number of hydrogen-bond acceptors (Lipinski definition) is 8. The summed E-state index contributed by atoms with van der Waals surface area (Å²) in [5.74, 6) is 1.01. The van der Waals surface area contributed by atoms with E-state index in [1.54, 1.807) is 48.7 Å². The van der Waals surface area contributed by atoms with Crippen LogP contribution < -0.4 is 9.64 Å². The molecule has 0 bridgehead atoms. The summed E-state index contributed by atoms with van der Waals surface area (Å²) in [7, 11) is 0. The molecule has 0 saturated carbocycles. The zero-order valence-corrected chi connectivity index (χ0v) is 19.3. The maximum absolute atomic E-state index is 12.3. The molecule has 2 aromatic carbocycles. The molecule has 0 atom stereocenters. The van der Waals surface area contributed by atoms with Crippen molar-refractivity contribution >= 4 is 23.6 Å². The zero-order chi connectivity index (χ0) is 24.7. The van der Waals surface area contributed by atoms with Crippen LogP contribution in [0.25, 0.3) is 17.3 Å². The van der Waals surface area contributed by atoms with Gasteiger partial charge in [0.2, 0.25) is 5.95 Å². The molecule has 1 aliphatic heterocycles. The summed E-state index contributed by atoms with van der Waals surface area (Å²) in [4.78, 5) is 18.3. The average Bonchev–Trinajstić information content (AvgIpc) is 3.39. The fraction of sp³-hybridized carbons (Fsp3) is 0.148. The molecular formula is C27H22N6O3. The maximum Gasteiger partial charge on any atom is 0.345 e. The Morgan fingerprint density at radius 3 is 2.47 bits per heavy atom. The Balaban J connectivity index is 1.44. The lowest BCUT2D eigenvalue weighted by Crippen LogP contribution is -2.38. The molecular weight excluding hydrogens is 456 g/mol. The molecule has 5 rings (SSSR count). The molecule has 0 radical (unpaired) electrons. The molecule has 0 N–H and O–H groups in total. The van der Waals surface area contributed by atoms with Crippen LogP contribution in [0.1, 0.15) is 21.7 Å². The second kappa shape index (κ2) is 10.6. The van der Waals surface area contributed by atoms with Crippen molar-refractivity contribution in [2.24, 2.45) is 0 Å². The van der Waals surface area contributed by atoms with Gasteiger partial charge in [-0.25, -0.2) is 4.79 Å². The molecule has 1 aliphatic rings. The van der Waals surface area contributed by atoms with Gasteiger partial charge in [0.1, 0.15) is 11.8 Å². The summed E-state index contributed by atoms with van der Waals surface area (Å²) in [6.45, 7) is 2.59. The van der Waals surface area contributed by atoms with Crippen LogP contribution in [-0.4, -0.2) is 52.0 Å². The lowest BCUT2D eigenvalue weighted by Gasteiger charge is -2.28. The van der Waals surface area contributed by atoms with Crippen LogP contribution in [0.4, 0.5) is 5.95 Å². The van der Waals surface area contributed by atoms with Crippen LogP contribution in [-0.2, 0) is 4.74 Å². The second-order valence-corrected chi connectivity index (χ2v) is 7.96. The third-order valence-electron chi connectivity index (χ3n) is 5.61. The number of nitriles is 1. The van der Waals surface area contributed by atoms with E-state index in [0.717, 1.165) is 11.3 Å². The molecule has 4 aromatic rings. The minimum absolute atomic E-state index is 0.353. The van der Waals surface area contributed by atoms with Gasteiger partial charge in [0.15, 0.2) is 5.82 Å². The third-order valence-corrected chi connectivity index (χ3v) is 5.61. The van der Waals surface area contributed by atoms with E-state index in [-0.39, 0.29) is 0 Å². The van der Waals surface area contributed by atoms with Crippen LogP contribution in [0.3, 0.4) is 0 Å². The second-order valence-electron chi connectivity index (χ2n) is 7.96. The van der Waals surface area contributed by atoms with E-state index in [2.05, 4.69) is 26.2 Å². The first-order chi connectivity index (χ1) is 17.7. The van der Waals surface area contributed by atoms with Gasteiger partial charge in [-0.3, -0.25) is 9.55 Å². The molecule has 0 aliphatic carbocycles. The number of hydrogen-bond donors (Lipinski definition) is 0. The van der Waals surface area contributed by atoms with E-state index in [9.17, 15) is 10.1 Å². The van der Waals surface area contributed by atoms with Crippen molar-refractivity contribution in [3.05, 3.63) is 96.1 Å². The van der Waals surface area contributed by atoms with Crippen molar-refractivity contribution in [1.29, 1.82) is 5.26 Å². The Morgan fingerprint density at radius 2 is 1.78 bits per heavy atom. The number of anilines is 1. The van der Waals surface area contributed by atoms with E-state index in [4.69, 9.17) is 9.47 Å². The first-order valence-electron chi connectivity index (χ1n) is 11.4. The highest BCUT2D eigenvalue weighted by atomic mass is 16.5. The molecule has 2 aromatic heterocycles. The summed E-state index contributed by atoms with van der Waals surface area (Å²) >= 11 is 0. The van der Waals surface area contributed by atoms with Gasteiger partial charge in [-0.15, -0.1) is 10.2 Å². The fourth-order valence-electron chi connectivity index (χ4n) is 3.83. The lowest BCUT2D eigenvalue weighted by molar-refractivity contribution is 0.0734. The monoisotopic (exact) mass is 478 g/mol. The Bertz CT molecular complexity index is 1400. The van der Waals surface area contributed by atoms with Crippen LogP contribution in [0, 0.1) is 11.3 Å². The van der Waals surface area contributed by atoms with E-state index in [1.807, 2.05) is 34.9 Å². The van der Waals surface area contributed by atoms with Crippen molar-refractivity contribution in [1.82, 2.24) is 19.7 Å². The molecule has 9 heteroatoms. The van der Waals surface area contributed by atoms with E-state index in [1.165, 1.54) is 6.20 Å². The standard InChI is InChI=1S/C27H22N6O3/c28-18-22(17-20-8-10-24(11-9-20)36-26(34)21-5-4-12-29-19-21)25-30-31-27(32-13-15-35-16-14-32)33(25)23-6-2-1-3-7-23/h1-12,17,19H,13-16H2. The smallest absolute Gasteiger partial charge is 0.345 e. The maximum atomic E-state index is 12.3. The number of carbonyl (C=O) groups excluding carboxylic acids is 1. The quantitative estimate of drug-likeness (QED) is 0.234. The van der Waals surface area contributed by atoms with Crippen LogP contribution >= 0.6 is 0 Å². The van der Waals surface area contributed by atoms with E-state index in [0.29, 0.717) is 55.0 Å². The SMILES string of the molecule is N#CC(=Cc1ccc(OC(=O)c2cccnc2)cc1)c1nnc(N2CCOCC2)n1-c1ccccc1. The predicted octanol–water partition coefficient (Wildman–Crippen LogP) is 3.78. The number of rotatable bonds is 6. The van der Waals surface area contributed by atoms with Gasteiger partial charge in [0.05, 0.1) is 30.0 Å². The highest BCUT2D eigenvalue weighted by molar-refractivity contribution is 5.91. The van der Waals surface area contributed by atoms with E-state index >= 15 is 0 Å². The molecule has 3 heterocycles. The number of benzene rings is 2. The lowest BCUT2D eigenvalue weighted by atomic mass is 10.1. The summed E-state index contributed by atoms with van der Waals surface area (Å²) in [5.41, 5.74) is 2.33. The third kappa shape index (κ3) is 4.99. The number of carbonyl (C=O) groups is 1. The van der Waals surface area contributed by atoms with Gasteiger partial charge in [-0.1, -0.05) is 30.3 Å². The highest BCUT2D eigenvalue weighted by Crippen LogP contribution is 2.27. The summed E-state index contributed by atoms with van der Waals surface area (Å²) < 4.78 is 12.8. The fourth-order valence-corrected chi connectivity index (χ4v) is 3.83. The Kier molecular flexibility index (Phi) is 6.78. The van der Waals surface area contributed by atoms with Crippen molar-refractivity contribution < 1.29 is 14.3 Å². The van der Waals surface area contributed by atoms with Crippen LogP contribution in [0.5, 0.6) is 5.75 Å². The van der Waals surface area contributed by atoms with Crippen molar-refractivity contribution in [3.8, 4) is 17.5 Å². The number of pyridine rings is 1. The number of morpholine rings is 1. The number of ether oxygens (including phenoxy) is 2. The molecule has 1 saturated heterocycles. The van der Waals surface area contributed by atoms with E-state index < -0.39 is 5.97 Å². The Morgan fingerprint density at radius 1 is 1.00 bits per heavy atom. The van der Waals surface area contributed by atoms with Gasteiger partial charge in [-0.2, -0.15) is 5.26 Å². The zero-order valence-electron chi connectivity index (χ0n) is 19.3. The molecule has 0 amide bonds. The molecule has 178 valence electrons. The average molecular weight is 479 g/mol. The Labute approximate surface area is 207 Å². The minimum Gasteiger partial charge on any atom is -0.423 e. The van der Waals surface area contributed by atoms with Gasteiger partial charge in [0, 0.05) is 25.5 Å². The van der Waals surface area contributed by atoms with Gasteiger partial charge in [0.25, 0.3) is 0 Å². The Hall–Kier alpha value is -4.81. The van der Waals surface area contributed by atoms with Crippen molar-refractivity contribution in [3.63, 3.8) is 0 Å². The largest absolute Gasteiger partial charge is 0.423 e. The van der Waals surface area contributed by atoms with Gasteiger partial charge < -0.3 is 14.4 Å². The summed E-state index contributed by atoms with van der Waals surface area (Å²) in [6.07, 6.45) is 4.78. The summed E-state index contributed by atoms with van der Waals surface area (Å²) in [6, 6.07) is 22.2. The topological polar surface area (TPSA) is 106 Å². The number of para-hydroxylation sites is 1. The number of allylic oxidation sites excluding steroid dienone is 1. The first kappa shape index (κ1) is 23.0. The van der Waals surface area contributed by atoms with Crippen molar-refractivity contribution in [2.75, 3.05) is 31.2 Å². The normalized spacial score (nSPS) is 13.8. The molecule has 36 heavy (non-hydrogen) atoms. The minimum atomic E-state index is -0.490. The molecule has 0 spiro atoms. The van der Waals surface area contributed by atoms with Crippen LogP contribution in [0.2, 0.25) is 0 Å². The van der Waals surface area contributed by atoms with Crippen molar-refractivity contribution in [2.45, 2.75) is 0 Å². The molecule has 1 fully saturated rings. The van der Waals surface area contributed by atoms with Gasteiger partial charge >= 0.3 is 5.97 Å². The van der Waals surface area contributed by atoms with Gasteiger partial charge in [-0.05, 0) is 48.0 Å².